The second-order valence-electron chi connectivity index (χ2n) is 4.94. The molecule has 1 heterocycles. The van der Waals surface area contributed by atoms with E-state index in [1.807, 2.05) is 12.2 Å². The Kier molecular flexibility index (Phi) is 7.18. The summed E-state index contributed by atoms with van der Waals surface area (Å²) in [6.07, 6.45) is 15.9. The molecular formula is C15H25NS. The summed E-state index contributed by atoms with van der Waals surface area (Å²) in [5.74, 6) is 0.841. The van der Waals surface area contributed by atoms with Crippen LogP contribution in [0.3, 0.4) is 0 Å². The number of nitrogens with one attached hydrogen (secondary N) is 1. The number of hydrogen-bond donors (Lipinski definition) is 2. The Morgan fingerprint density at radius 1 is 1.24 bits per heavy atom. The van der Waals surface area contributed by atoms with E-state index >= 15 is 0 Å². The summed E-state index contributed by atoms with van der Waals surface area (Å²) < 4.78 is 0. The van der Waals surface area contributed by atoms with Crippen LogP contribution in [0.2, 0.25) is 0 Å². The molecule has 0 spiro atoms. The van der Waals surface area contributed by atoms with Crippen LogP contribution in [0.5, 0.6) is 0 Å². The van der Waals surface area contributed by atoms with Gasteiger partial charge in [-0.2, -0.15) is 12.6 Å². The third-order valence-corrected chi connectivity index (χ3v) is 3.53. The summed E-state index contributed by atoms with van der Waals surface area (Å²) in [5, 5.41) is 3.52. The smallest absolute Gasteiger partial charge is 0.0692 e. The van der Waals surface area contributed by atoms with E-state index in [0.717, 1.165) is 18.0 Å². The molecule has 1 aliphatic rings. The quantitative estimate of drug-likeness (QED) is 0.606. The van der Waals surface area contributed by atoms with Crippen molar-refractivity contribution in [3.8, 4) is 0 Å². The molecule has 1 nitrogen and oxygen atoms in total. The Labute approximate surface area is 111 Å². The summed E-state index contributed by atoms with van der Waals surface area (Å²) in [4.78, 5) is 0. The fraction of sp³-hybridized carbons (Fsp3) is 0.600. The maximum absolute atomic E-state index is 4.53. The summed E-state index contributed by atoms with van der Waals surface area (Å²) in [7, 11) is 0. The largest absolute Gasteiger partial charge is 0.374 e. The van der Waals surface area contributed by atoms with Crippen molar-refractivity contribution in [3.05, 3.63) is 36.6 Å². The number of hydrogen-bond acceptors (Lipinski definition) is 2. The fourth-order valence-corrected chi connectivity index (χ4v) is 2.38. The van der Waals surface area contributed by atoms with Gasteiger partial charge in [-0.3, -0.25) is 0 Å². The van der Waals surface area contributed by atoms with Crippen LogP contribution in [0, 0.1) is 5.92 Å². The van der Waals surface area contributed by atoms with Gasteiger partial charge in [0, 0.05) is 5.70 Å². The van der Waals surface area contributed by atoms with Gasteiger partial charge in [-0.25, -0.2) is 0 Å². The molecule has 2 atom stereocenters. The Morgan fingerprint density at radius 2 is 2.00 bits per heavy atom. The molecule has 1 aliphatic heterocycles. The van der Waals surface area contributed by atoms with E-state index in [-0.39, 0.29) is 5.37 Å². The predicted molar refractivity (Wildman–Crippen MR) is 80.2 cm³/mol. The van der Waals surface area contributed by atoms with Crippen molar-refractivity contribution in [2.75, 3.05) is 0 Å². The highest BCUT2D eigenvalue weighted by molar-refractivity contribution is 7.80. The standard InChI is InChI=1S/C15H25NS/c1-13-9-5-3-4-6-11-14(2)16-15(17)12-8-7-10-13/h3-4,6,11,13,15-17H,2,5,7-10,12H2,1H3/b4-3-,11-6-/t13-,15+/m1/s1. The predicted octanol–water partition coefficient (Wildman–Crippen LogP) is 4.45. The van der Waals surface area contributed by atoms with E-state index in [2.05, 4.69) is 43.6 Å². The van der Waals surface area contributed by atoms with Crippen molar-refractivity contribution < 1.29 is 0 Å². The first-order valence-corrected chi connectivity index (χ1v) is 7.17. The van der Waals surface area contributed by atoms with E-state index < -0.39 is 0 Å². The highest BCUT2D eigenvalue weighted by Crippen LogP contribution is 2.17. The van der Waals surface area contributed by atoms with Gasteiger partial charge in [0.25, 0.3) is 0 Å². The lowest BCUT2D eigenvalue weighted by Gasteiger charge is -2.15. The monoisotopic (exact) mass is 251 g/mol. The first kappa shape index (κ1) is 14.4. The Balaban J connectivity index is 2.49. The van der Waals surface area contributed by atoms with Crippen LogP contribution >= 0.6 is 12.6 Å². The molecule has 0 unspecified atom stereocenters. The molecule has 0 saturated heterocycles. The van der Waals surface area contributed by atoms with Crippen LogP contribution in [-0.2, 0) is 0 Å². The molecule has 1 rings (SSSR count). The lowest BCUT2D eigenvalue weighted by Crippen LogP contribution is -2.21. The molecule has 0 saturated carbocycles. The average Bonchev–Trinajstić information content (AvgIpc) is 2.28. The minimum Gasteiger partial charge on any atom is -0.374 e. The van der Waals surface area contributed by atoms with Crippen LogP contribution in [0.15, 0.2) is 36.6 Å². The summed E-state index contributed by atoms with van der Waals surface area (Å²) in [6, 6.07) is 0. The van der Waals surface area contributed by atoms with Crippen molar-refractivity contribution in [2.45, 2.75) is 50.8 Å². The van der Waals surface area contributed by atoms with E-state index in [0.29, 0.717) is 0 Å². The van der Waals surface area contributed by atoms with Crippen molar-refractivity contribution >= 4 is 12.6 Å². The average molecular weight is 251 g/mol. The molecule has 0 fully saturated rings. The van der Waals surface area contributed by atoms with E-state index in [9.17, 15) is 0 Å². The molecule has 17 heavy (non-hydrogen) atoms. The van der Waals surface area contributed by atoms with Crippen molar-refractivity contribution in [1.82, 2.24) is 5.32 Å². The highest BCUT2D eigenvalue weighted by Gasteiger charge is 2.04. The van der Waals surface area contributed by atoms with Crippen molar-refractivity contribution in [3.63, 3.8) is 0 Å². The van der Waals surface area contributed by atoms with Gasteiger partial charge in [0.2, 0.25) is 0 Å². The second-order valence-corrected chi connectivity index (χ2v) is 5.56. The summed E-state index contributed by atoms with van der Waals surface area (Å²) >= 11 is 4.53. The fourth-order valence-electron chi connectivity index (χ4n) is 2.04. The minimum atomic E-state index is 0.231. The number of rotatable bonds is 0. The molecule has 0 aliphatic carbocycles. The first-order valence-electron chi connectivity index (χ1n) is 6.65. The van der Waals surface area contributed by atoms with Crippen molar-refractivity contribution in [2.24, 2.45) is 5.92 Å². The Morgan fingerprint density at radius 3 is 2.82 bits per heavy atom. The van der Waals surface area contributed by atoms with Crippen molar-refractivity contribution in [1.29, 1.82) is 0 Å². The molecule has 0 aromatic rings. The van der Waals surface area contributed by atoms with Gasteiger partial charge in [-0.05, 0) is 31.3 Å². The molecule has 0 amide bonds. The highest BCUT2D eigenvalue weighted by atomic mass is 32.1. The zero-order valence-corrected chi connectivity index (χ0v) is 11.8. The van der Waals surface area contributed by atoms with E-state index in [1.165, 1.54) is 32.1 Å². The maximum atomic E-state index is 4.53. The lowest BCUT2D eigenvalue weighted by atomic mass is 9.98. The second kappa shape index (κ2) is 8.46. The molecule has 96 valence electrons. The lowest BCUT2D eigenvalue weighted by molar-refractivity contribution is 0.460. The zero-order valence-electron chi connectivity index (χ0n) is 10.9. The molecule has 2 heteroatoms. The van der Waals surface area contributed by atoms with Gasteiger partial charge in [0.15, 0.2) is 0 Å². The van der Waals surface area contributed by atoms with Gasteiger partial charge in [-0.1, -0.05) is 51.0 Å². The molecule has 0 bridgehead atoms. The third-order valence-electron chi connectivity index (χ3n) is 3.15. The van der Waals surface area contributed by atoms with Gasteiger partial charge in [0.1, 0.15) is 0 Å². The van der Waals surface area contributed by atoms with E-state index in [4.69, 9.17) is 0 Å². The summed E-state index contributed by atoms with van der Waals surface area (Å²) in [5.41, 5.74) is 0.945. The number of allylic oxidation sites excluding steroid dienone is 4. The minimum absolute atomic E-state index is 0.231. The molecule has 0 radical (unpaired) electrons. The Bertz CT molecular complexity index is 281. The van der Waals surface area contributed by atoms with Crippen LogP contribution < -0.4 is 5.32 Å². The molecular weight excluding hydrogens is 226 g/mol. The maximum Gasteiger partial charge on any atom is 0.0692 e. The van der Waals surface area contributed by atoms with Crippen LogP contribution in [0.4, 0.5) is 0 Å². The molecule has 0 aromatic heterocycles. The van der Waals surface area contributed by atoms with E-state index in [1.54, 1.807) is 0 Å². The third kappa shape index (κ3) is 7.32. The first-order chi connectivity index (χ1) is 8.18. The molecule has 0 aromatic carbocycles. The van der Waals surface area contributed by atoms with Crippen LogP contribution in [-0.4, -0.2) is 5.37 Å². The van der Waals surface area contributed by atoms with Crippen LogP contribution in [0.25, 0.3) is 0 Å². The van der Waals surface area contributed by atoms with Gasteiger partial charge in [0.05, 0.1) is 5.37 Å². The van der Waals surface area contributed by atoms with Gasteiger partial charge in [-0.15, -0.1) is 0 Å². The van der Waals surface area contributed by atoms with Gasteiger partial charge < -0.3 is 5.32 Å². The zero-order chi connectivity index (χ0) is 12.5. The summed E-state index contributed by atoms with van der Waals surface area (Å²) in [6.45, 7) is 6.32. The molecule has 1 N–H and O–H groups in total. The van der Waals surface area contributed by atoms with Gasteiger partial charge >= 0.3 is 0 Å². The SMILES string of the molecule is C=C1/C=C\C=C/CC[C@@H](C)CCCC[C@H](S)N1. The van der Waals surface area contributed by atoms with Crippen LogP contribution in [0.1, 0.15) is 45.4 Å². The Hall–Kier alpha value is -0.630. The normalized spacial score (nSPS) is 32.2. The topological polar surface area (TPSA) is 12.0 Å². The number of thiol groups is 1.